The largest absolute Gasteiger partial charge is 0.390 e. The van der Waals surface area contributed by atoms with Gasteiger partial charge in [-0.3, -0.25) is 9.59 Å². The smallest absolute Gasteiger partial charge is 0.220 e. The lowest BCUT2D eigenvalue weighted by atomic mass is 9.35. The van der Waals surface area contributed by atoms with Gasteiger partial charge in [-0.1, -0.05) is 54.9 Å². The third-order valence-corrected chi connectivity index (χ3v) is 13.4. The number of rotatable bonds is 15. The van der Waals surface area contributed by atoms with Crippen LogP contribution in [-0.2, 0) is 23.9 Å². The molecule has 0 saturated heterocycles. The highest BCUT2D eigenvalue weighted by Crippen LogP contribution is 2.73. The molecule has 0 bridgehead atoms. The Labute approximate surface area is 266 Å². The molecule has 3 fully saturated rings. The molecule has 254 valence electrons. The quantitative estimate of drug-likeness (QED) is 0.161. The number of aliphatic hydroxyl groups excluding tert-OH is 2. The topological polar surface area (TPSA) is 130 Å². The molecule has 3 rings (SSSR count). The molecule has 3 N–H and O–H groups in total. The van der Waals surface area contributed by atoms with Crippen LogP contribution in [0.15, 0.2) is 0 Å². The van der Waals surface area contributed by atoms with E-state index in [0.717, 1.165) is 51.4 Å². The number of aliphatic hydroxyl groups is 3. The summed E-state index contributed by atoms with van der Waals surface area (Å²) in [5.41, 5.74) is -1.17. The van der Waals surface area contributed by atoms with Crippen LogP contribution in [0.25, 0.3) is 0 Å². The standard InChI is InChI=1S/C36H62O8/c1-23(11-10-15-32(3,4)42)30(26(40)21-38)34(7)17-18-35(8)25(24(34)2)12-13-28-33(5,6)29(14-16-36(28,35)9)44-31(27(41)22-39)43-20-19-37/h19,23-25,28-31,38-39,42H,10-18,20-22H2,1-9H3. The van der Waals surface area contributed by atoms with Gasteiger partial charge in [0.25, 0.3) is 0 Å². The summed E-state index contributed by atoms with van der Waals surface area (Å²) in [5, 5.41) is 29.8. The predicted octanol–water partition coefficient (Wildman–Crippen LogP) is 5.52. The number of carbonyl (C=O) groups excluding carboxylic acids is 3. The number of Topliss-reactive ketones (excluding diaryl/α,β-unsaturated/α-hetero) is 2. The Morgan fingerprint density at radius 2 is 1.59 bits per heavy atom. The second-order valence-corrected chi connectivity index (χ2v) is 16.6. The Balaban J connectivity index is 1.87. The van der Waals surface area contributed by atoms with Gasteiger partial charge < -0.3 is 29.6 Å². The van der Waals surface area contributed by atoms with Gasteiger partial charge in [-0.05, 0) is 111 Å². The number of hydrogen-bond donors (Lipinski definition) is 3. The average Bonchev–Trinajstić information content (AvgIpc) is 2.94. The van der Waals surface area contributed by atoms with Crippen LogP contribution in [0.1, 0.15) is 120 Å². The van der Waals surface area contributed by atoms with Crippen molar-refractivity contribution in [3.05, 3.63) is 0 Å². The molecule has 3 aliphatic rings. The summed E-state index contributed by atoms with van der Waals surface area (Å²) < 4.78 is 11.7. The van der Waals surface area contributed by atoms with Crippen LogP contribution >= 0.6 is 0 Å². The van der Waals surface area contributed by atoms with E-state index in [1.165, 1.54) is 0 Å². The SMILES string of the molecule is CC(CCCC(C)(C)O)C(C(=O)CO)C1(C)CCC2(C)C(CCC3C(C)(C)C(OC(OCC=O)C(=O)CO)CCC32C)C1C. The second kappa shape index (κ2) is 13.9. The van der Waals surface area contributed by atoms with Crippen LogP contribution in [0, 0.1) is 51.2 Å². The number of fused-ring (bicyclic) bond motifs is 3. The Kier molecular flexibility index (Phi) is 11.8. The molecule has 0 spiro atoms. The summed E-state index contributed by atoms with van der Waals surface area (Å²) in [7, 11) is 0. The molecule has 0 amide bonds. The maximum atomic E-state index is 13.5. The van der Waals surface area contributed by atoms with E-state index in [1.54, 1.807) is 0 Å². The fourth-order valence-corrected chi connectivity index (χ4v) is 10.7. The van der Waals surface area contributed by atoms with E-state index in [0.29, 0.717) is 24.5 Å². The number of hydrogen-bond acceptors (Lipinski definition) is 8. The molecule has 0 radical (unpaired) electrons. The van der Waals surface area contributed by atoms with Gasteiger partial charge in [0.1, 0.15) is 26.1 Å². The number of aldehydes is 1. The molecule has 8 heteroatoms. The molecular formula is C36H62O8. The molecule has 3 saturated carbocycles. The van der Waals surface area contributed by atoms with E-state index in [2.05, 4.69) is 48.5 Å². The maximum absolute atomic E-state index is 13.5. The first kappa shape index (κ1) is 37.3. The Bertz CT molecular complexity index is 1020. The fraction of sp³-hybridized carbons (Fsp3) is 0.917. The first-order valence-corrected chi connectivity index (χ1v) is 17.0. The van der Waals surface area contributed by atoms with Crippen molar-refractivity contribution in [2.45, 2.75) is 138 Å². The molecule has 10 unspecified atom stereocenters. The van der Waals surface area contributed by atoms with Gasteiger partial charge in [0.15, 0.2) is 5.78 Å². The molecule has 0 aromatic carbocycles. The van der Waals surface area contributed by atoms with Crippen molar-refractivity contribution in [3.8, 4) is 0 Å². The van der Waals surface area contributed by atoms with Crippen LogP contribution in [-0.4, -0.2) is 71.0 Å². The van der Waals surface area contributed by atoms with Crippen LogP contribution < -0.4 is 0 Å². The third kappa shape index (κ3) is 6.90. The molecule has 0 aromatic rings. The number of ether oxygens (including phenoxy) is 2. The van der Waals surface area contributed by atoms with Gasteiger partial charge in [-0.15, -0.1) is 0 Å². The molecule has 44 heavy (non-hydrogen) atoms. The monoisotopic (exact) mass is 622 g/mol. The Morgan fingerprint density at radius 3 is 2.16 bits per heavy atom. The zero-order valence-corrected chi connectivity index (χ0v) is 29.0. The van der Waals surface area contributed by atoms with Gasteiger partial charge >= 0.3 is 0 Å². The van der Waals surface area contributed by atoms with Crippen molar-refractivity contribution in [2.75, 3.05) is 19.8 Å². The van der Waals surface area contributed by atoms with Crippen LogP contribution in [0.2, 0.25) is 0 Å². The summed E-state index contributed by atoms with van der Waals surface area (Å²) in [4.78, 5) is 36.8. The zero-order valence-electron chi connectivity index (χ0n) is 29.0. The fourth-order valence-electron chi connectivity index (χ4n) is 10.7. The Hall–Kier alpha value is -1.19. The minimum atomic E-state index is -1.26. The van der Waals surface area contributed by atoms with Gasteiger partial charge in [0.05, 0.1) is 11.7 Å². The lowest BCUT2D eigenvalue weighted by Gasteiger charge is -2.70. The normalized spacial score (nSPS) is 37.3. The highest BCUT2D eigenvalue weighted by atomic mass is 16.7. The highest BCUT2D eigenvalue weighted by Gasteiger charge is 2.67. The van der Waals surface area contributed by atoms with E-state index in [4.69, 9.17) is 9.47 Å². The molecule has 10 atom stereocenters. The van der Waals surface area contributed by atoms with Gasteiger partial charge in [0.2, 0.25) is 12.1 Å². The van der Waals surface area contributed by atoms with E-state index in [-0.39, 0.29) is 57.9 Å². The lowest BCUT2D eigenvalue weighted by molar-refractivity contribution is -0.257. The third-order valence-electron chi connectivity index (χ3n) is 13.4. The molecule has 8 nitrogen and oxygen atoms in total. The van der Waals surface area contributed by atoms with Crippen molar-refractivity contribution in [1.82, 2.24) is 0 Å². The minimum Gasteiger partial charge on any atom is -0.390 e. The van der Waals surface area contributed by atoms with Gasteiger partial charge in [-0.2, -0.15) is 0 Å². The number of ketones is 2. The summed E-state index contributed by atoms with van der Waals surface area (Å²) in [6.45, 7) is 18.4. The summed E-state index contributed by atoms with van der Waals surface area (Å²) in [5.74, 6) is 0.299. The van der Waals surface area contributed by atoms with E-state index in [9.17, 15) is 29.7 Å². The highest BCUT2D eigenvalue weighted by molar-refractivity contribution is 5.83. The number of carbonyl (C=O) groups is 3. The first-order valence-electron chi connectivity index (χ1n) is 17.0. The van der Waals surface area contributed by atoms with Crippen molar-refractivity contribution >= 4 is 17.9 Å². The molecule has 0 aliphatic heterocycles. The first-order chi connectivity index (χ1) is 20.3. The van der Waals surface area contributed by atoms with E-state index < -0.39 is 30.9 Å². The molecule has 3 aliphatic carbocycles. The maximum Gasteiger partial charge on any atom is 0.220 e. The minimum absolute atomic E-state index is 0.0177. The van der Waals surface area contributed by atoms with Gasteiger partial charge in [0, 0.05) is 5.92 Å². The van der Waals surface area contributed by atoms with Crippen molar-refractivity contribution < 1.29 is 39.2 Å². The van der Waals surface area contributed by atoms with E-state index >= 15 is 0 Å². The van der Waals surface area contributed by atoms with Crippen molar-refractivity contribution in [1.29, 1.82) is 0 Å². The second-order valence-electron chi connectivity index (χ2n) is 16.6. The molecule has 0 heterocycles. The lowest BCUT2D eigenvalue weighted by Crippen LogP contribution is -2.65. The summed E-state index contributed by atoms with van der Waals surface area (Å²) in [6, 6.07) is 0. The average molecular weight is 623 g/mol. The summed E-state index contributed by atoms with van der Waals surface area (Å²) >= 11 is 0. The van der Waals surface area contributed by atoms with Crippen molar-refractivity contribution in [3.63, 3.8) is 0 Å². The Morgan fingerprint density at radius 1 is 0.955 bits per heavy atom. The van der Waals surface area contributed by atoms with Gasteiger partial charge in [-0.25, -0.2) is 0 Å². The molecular weight excluding hydrogens is 560 g/mol. The predicted molar refractivity (Wildman–Crippen MR) is 170 cm³/mol. The van der Waals surface area contributed by atoms with Crippen LogP contribution in [0.5, 0.6) is 0 Å². The zero-order chi connectivity index (χ0) is 33.3. The molecule has 0 aromatic heterocycles. The summed E-state index contributed by atoms with van der Waals surface area (Å²) in [6.07, 6.45) is 7.10. The van der Waals surface area contributed by atoms with Crippen molar-refractivity contribution in [2.24, 2.45) is 51.2 Å². The van der Waals surface area contributed by atoms with Crippen LogP contribution in [0.4, 0.5) is 0 Å². The van der Waals surface area contributed by atoms with E-state index in [1.807, 2.05) is 13.8 Å². The van der Waals surface area contributed by atoms with Crippen LogP contribution in [0.3, 0.4) is 0 Å².